The zero-order valence-corrected chi connectivity index (χ0v) is 20.8. The van der Waals surface area contributed by atoms with Crippen molar-refractivity contribution >= 4 is 29.2 Å². The van der Waals surface area contributed by atoms with Gasteiger partial charge in [-0.25, -0.2) is 10.3 Å². The summed E-state index contributed by atoms with van der Waals surface area (Å²) in [5.41, 5.74) is 5.64. The molecular weight excluding hydrogens is 456 g/mol. The molecule has 0 aromatic heterocycles. The number of amides is 4. The third-order valence-electron chi connectivity index (χ3n) is 5.80. The second-order valence-electron chi connectivity index (χ2n) is 9.07. The number of carbonyl (C=O) groups is 3. The van der Waals surface area contributed by atoms with E-state index in [0.717, 1.165) is 16.8 Å². The molecule has 3 rings (SSSR count). The molecule has 4 amide bonds. The summed E-state index contributed by atoms with van der Waals surface area (Å²) in [6.45, 7) is 8.27. The molecule has 0 saturated heterocycles. The van der Waals surface area contributed by atoms with Crippen molar-refractivity contribution in [3.63, 3.8) is 0 Å². The molecule has 188 valence electrons. The minimum Gasteiger partial charge on any atom is -0.324 e. The van der Waals surface area contributed by atoms with Gasteiger partial charge in [-0.15, -0.1) is 0 Å². The van der Waals surface area contributed by atoms with Gasteiger partial charge >= 0.3 is 6.03 Å². The van der Waals surface area contributed by atoms with Gasteiger partial charge in [-0.2, -0.15) is 0 Å². The van der Waals surface area contributed by atoms with Crippen LogP contribution < -0.4 is 21.4 Å². The van der Waals surface area contributed by atoms with Crippen LogP contribution in [0.3, 0.4) is 0 Å². The highest BCUT2D eigenvalue weighted by atomic mass is 16.5. The molecule has 0 saturated carbocycles. The first-order chi connectivity index (χ1) is 17.2. The summed E-state index contributed by atoms with van der Waals surface area (Å²) in [6.07, 6.45) is 0. The molecule has 0 radical (unpaired) electrons. The number of anilines is 2. The Labute approximate surface area is 211 Å². The second-order valence-corrected chi connectivity index (χ2v) is 9.07. The number of hydrogen-bond donors (Lipinski definition) is 5. The fraction of sp³-hybridized carbons (Fsp3) is 0.250. The normalized spacial score (nSPS) is 11.6. The quantitative estimate of drug-likeness (QED) is 0.211. The first-order valence-electron chi connectivity index (χ1n) is 11.8. The minimum atomic E-state index is -0.972. The zero-order chi connectivity index (χ0) is 26.2. The minimum absolute atomic E-state index is 0.197. The standard InChI is InChI=1S/C28H32N4O4/c1-17(2)22-11-8-12-23(18(3)4)25(22)31-28(35)30-24(19-9-6-5-7-10-19)27(34)29-21-15-13-20(14-16-21)26(33)32-36/h5-18,24,36H,1-4H3,(H,29,34)(H,32,33)(H2,30,31,35)/t24-/m0/s1. The molecule has 8 nitrogen and oxygen atoms in total. The van der Waals surface area contributed by atoms with Crippen LogP contribution >= 0.6 is 0 Å². The van der Waals surface area contributed by atoms with Gasteiger partial charge in [0, 0.05) is 16.9 Å². The monoisotopic (exact) mass is 488 g/mol. The molecule has 0 bridgehead atoms. The van der Waals surface area contributed by atoms with E-state index in [9.17, 15) is 14.4 Å². The Bertz CT molecular complexity index is 1180. The van der Waals surface area contributed by atoms with Gasteiger partial charge in [0.2, 0.25) is 0 Å². The van der Waals surface area contributed by atoms with Crippen LogP contribution in [0.4, 0.5) is 16.2 Å². The first-order valence-corrected chi connectivity index (χ1v) is 11.8. The lowest BCUT2D eigenvalue weighted by molar-refractivity contribution is -0.118. The average molecular weight is 489 g/mol. The van der Waals surface area contributed by atoms with E-state index in [4.69, 9.17) is 5.21 Å². The summed E-state index contributed by atoms with van der Waals surface area (Å²) in [5.74, 6) is -0.709. The van der Waals surface area contributed by atoms with Crippen molar-refractivity contribution in [3.8, 4) is 0 Å². The van der Waals surface area contributed by atoms with Crippen molar-refractivity contribution < 1.29 is 19.6 Å². The SMILES string of the molecule is CC(C)c1cccc(C(C)C)c1NC(=O)N[C@H](C(=O)Nc1ccc(C(=O)NO)cc1)c1ccccc1. The largest absolute Gasteiger partial charge is 0.324 e. The molecule has 8 heteroatoms. The van der Waals surface area contributed by atoms with E-state index in [1.165, 1.54) is 12.1 Å². The highest BCUT2D eigenvalue weighted by Crippen LogP contribution is 2.32. The fourth-order valence-corrected chi connectivity index (χ4v) is 3.91. The van der Waals surface area contributed by atoms with Gasteiger partial charge in [-0.05, 0) is 52.8 Å². The Morgan fingerprint density at radius 2 is 1.31 bits per heavy atom. The summed E-state index contributed by atoms with van der Waals surface area (Å²) in [7, 11) is 0. The van der Waals surface area contributed by atoms with Gasteiger partial charge in [0.05, 0.1) is 0 Å². The first kappa shape index (κ1) is 26.4. The van der Waals surface area contributed by atoms with Crippen molar-refractivity contribution in [2.45, 2.75) is 45.6 Å². The maximum atomic E-state index is 13.3. The molecule has 0 aliphatic carbocycles. The van der Waals surface area contributed by atoms with Crippen LogP contribution in [0.25, 0.3) is 0 Å². The van der Waals surface area contributed by atoms with E-state index in [2.05, 4.69) is 43.6 Å². The van der Waals surface area contributed by atoms with E-state index in [-0.39, 0.29) is 17.4 Å². The fourth-order valence-electron chi connectivity index (χ4n) is 3.91. The summed E-state index contributed by atoms with van der Waals surface area (Å²) in [4.78, 5) is 38.0. The summed E-state index contributed by atoms with van der Waals surface area (Å²) < 4.78 is 0. The van der Waals surface area contributed by atoms with Gasteiger partial charge < -0.3 is 16.0 Å². The predicted octanol–water partition coefficient (Wildman–Crippen LogP) is 5.55. The van der Waals surface area contributed by atoms with E-state index in [1.807, 2.05) is 24.3 Å². The number of urea groups is 1. The van der Waals surface area contributed by atoms with Crippen molar-refractivity contribution in [2.24, 2.45) is 0 Å². The Kier molecular flexibility index (Phi) is 8.81. The molecule has 0 heterocycles. The van der Waals surface area contributed by atoms with Crippen LogP contribution in [-0.4, -0.2) is 23.1 Å². The highest BCUT2D eigenvalue weighted by molar-refractivity contribution is 6.00. The molecule has 5 N–H and O–H groups in total. The van der Waals surface area contributed by atoms with Crippen molar-refractivity contribution in [3.05, 3.63) is 95.1 Å². The van der Waals surface area contributed by atoms with Crippen molar-refractivity contribution in [1.29, 1.82) is 0 Å². The maximum absolute atomic E-state index is 13.3. The molecule has 3 aromatic carbocycles. The Morgan fingerprint density at radius 3 is 1.83 bits per heavy atom. The van der Waals surface area contributed by atoms with E-state index in [1.54, 1.807) is 41.9 Å². The zero-order valence-electron chi connectivity index (χ0n) is 20.8. The Balaban J connectivity index is 1.84. The number of hydrogen-bond acceptors (Lipinski definition) is 4. The molecule has 0 aliphatic rings. The summed E-state index contributed by atoms with van der Waals surface area (Å²) in [6, 6.07) is 19.5. The third-order valence-corrected chi connectivity index (χ3v) is 5.80. The van der Waals surface area contributed by atoms with Crippen LogP contribution in [0, 0.1) is 0 Å². The predicted molar refractivity (Wildman–Crippen MR) is 140 cm³/mol. The second kappa shape index (κ2) is 12.0. The number of hydroxylamine groups is 1. The van der Waals surface area contributed by atoms with Crippen LogP contribution in [0.1, 0.15) is 72.6 Å². The number of carbonyl (C=O) groups excluding carboxylic acids is 3. The maximum Gasteiger partial charge on any atom is 0.320 e. The van der Waals surface area contributed by atoms with E-state index in [0.29, 0.717) is 11.3 Å². The van der Waals surface area contributed by atoms with E-state index >= 15 is 0 Å². The molecule has 1 atom stereocenters. The van der Waals surface area contributed by atoms with E-state index < -0.39 is 23.9 Å². The molecule has 3 aromatic rings. The molecule has 0 unspecified atom stereocenters. The van der Waals surface area contributed by atoms with Gasteiger partial charge in [0.25, 0.3) is 11.8 Å². The Hall–Kier alpha value is -4.17. The lowest BCUT2D eigenvalue weighted by Gasteiger charge is -2.23. The number of benzene rings is 3. The molecule has 36 heavy (non-hydrogen) atoms. The molecule has 0 fully saturated rings. The average Bonchev–Trinajstić information content (AvgIpc) is 2.87. The Morgan fingerprint density at radius 1 is 0.722 bits per heavy atom. The van der Waals surface area contributed by atoms with Crippen molar-refractivity contribution in [1.82, 2.24) is 10.8 Å². The number of nitrogens with one attached hydrogen (secondary N) is 4. The van der Waals surface area contributed by atoms with Gasteiger partial charge in [-0.1, -0.05) is 76.2 Å². The van der Waals surface area contributed by atoms with Crippen molar-refractivity contribution in [2.75, 3.05) is 10.6 Å². The lowest BCUT2D eigenvalue weighted by Crippen LogP contribution is -2.39. The molecule has 0 aliphatic heterocycles. The molecule has 0 spiro atoms. The summed E-state index contributed by atoms with van der Waals surface area (Å²) in [5, 5.41) is 17.4. The topological polar surface area (TPSA) is 120 Å². The number of rotatable bonds is 8. The highest BCUT2D eigenvalue weighted by Gasteiger charge is 2.24. The van der Waals surface area contributed by atoms with Gasteiger partial charge in [0.1, 0.15) is 6.04 Å². The summed E-state index contributed by atoms with van der Waals surface area (Å²) >= 11 is 0. The van der Waals surface area contributed by atoms with Crippen LogP contribution in [0.5, 0.6) is 0 Å². The van der Waals surface area contributed by atoms with Gasteiger partial charge in [-0.3, -0.25) is 14.8 Å². The lowest BCUT2D eigenvalue weighted by atomic mass is 9.93. The smallest absolute Gasteiger partial charge is 0.320 e. The third kappa shape index (κ3) is 6.49. The molecular formula is C28H32N4O4. The van der Waals surface area contributed by atoms with Crippen LogP contribution in [0.2, 0.25) is 0 Å². The van der Waals surface area contributed by atoms with Crippen LogP contribution in [-0.2, 0) is 4.79 Å². The number of para-hydroxylation sites is 1. The van der Waals surface area contributed by atoms with Gasteiger partial charge in [0.15, 0.2) is 0 Å². The van der Waals surface area contributed by atoms with Crippen LogP contribution in [0.15, 0.2) is 72.8 Å².